The van der Waals surface area contributed by atoms with Crippen molar-refractivity contribution in [3.05, 3.63) is 40.9 Å². The number of ether oxygens (including phenoxy) is 2. The van der Waals surface area contributed by atoms with Crippen LogP contribution < -0.4 is 9.47 Å². The minimum absolute atomic E-state index is 0.00783. The fraction of sp³-hybridized carbons (Fsp3) is 0.476. The number of rotatable bonds is 7. The summed E-state index contributed by atoms with van der Waals surface area (Å²) in [5.41, 5.74) is 1.95. The van der Waals surface area contributed by atoms with E-state index < -0.39 is 13.0 Å². The standard InChI is InChI=1S/C21H23ClF2N4O2S/c1-21(5-7-31-8-6-21)20-26-14-3-4-18(27-19(14)28(20)2)30-11-15-16(29-12-17(23)24)9-13(22)10-25-15/h3-4,9-10,17H,5-8,11-12H2,1-2H3. The van der Waals surface area contributed by atoms with Crippen molar-refractivity contribution in [1.29, 1.82) is 0 Å². The van der Waals surface area contributed by atoms with E-state index in [0.717, 1.165) is 41.3 Å². The minimum Gasteiger partial charge on any atom is -0.486 e. The molecule has 0 atom stereocenters. The normalized spacial score (nSPS) is 16.1. The molecule has 0 N–H and O–H groups in total. The number of aromatic nitrogens is 4. The number of imidazole rings is 1. The third-order valence-corrected chi connectivity index (χ3v) is 6.64. The molecular formula is C21H23ClF2N4O2S. The molecule has 4 heterocycles. The van der Waals surface area contributed by atoms with E-state index in [4.69, 9.17) is 26.1 Å². The van der Waals surface area contributed by atoms with Gasteiger partial charge >= 0.3 is 0 Å². The summed E-state index contributed by atoms with van der Waals surface area (Å²) in [5, 5.41) is 0.296. The average molecular weight is 469 g/mol. The lowest BCUT2D eigenvalue weighted by Gasteiger charge is -2.32. The van der Waals surface area contributed by atoms with E-state index in [1.807, 2.05) is 29.4 Å². The molecule has 0 radical (unpaired) electrons. The summed E-state index contributed by atoms with van der Waals surface area (Å²) in [6.07, 6.45) is 0.993. The Balaban J connectivity index is 1.54. The second-order valence-electron chi connectivity index (χ2n) is 7.75. The van der Waals surface area contributed by atoms with Crippen molar-refractivity contribution in [2.24, 2.45) is 7.05 Å². The number of pyridine rings is 2. The Hall–Kier alpha value is -2.13. The number of hydrogen-bond acceptors (Lipinski definition) is 6. The maximum Gasteiger partial charge on any atom is 0.272 e. The second kappa shape index (κ2) is 9.16. The first-order valence-corrected chi connectivity index (χ1v) is 11.5. The number of halogens is 3. The summed E-state index contributed by atoms with van der Waals surface area (Å²) in [4.78, 5) is 13.6. The van der Waals surface area contributed by atoms with Crippen LogP contribution in [0.2, 0.25) is 5.02 Å². The highest BCUT2D eigenvalue weighted by molar-refractivity contribution is 7.99. The molecule has 0 amide bonds. The summed E-state index contributed by atoms with van der Waals surface area (Å²) < 4.78 is 38.0. The SMILES string of the molecule is Cn1c(C2(C)CCSCC2)nc2ccc(OCc3ncc(Cl)cc3OCC(F)F)nc21. The number of aryl methyl sites for hydroxylation is 1. The van der Waals surface area contributed by atoms with E-state index in [1.165, 1.54) is 12.3 Å². The Labute approximate surface area is 188 Å². The van der Waals surface area contributed by atoms with Crippen LogP contribution in [0, 0.1) is 0 Å². The molecule has 166 valence electrons. The van der Waals surface area contributed by atoms with Crippen molar-refractivity contribution in [2.45, 2.75) is 38.2 Å². The van der Waals surface area contributed by atoms with Crippen LogP contribution in [0.4, 0.5) is 8.78 Å². The van der Waals surface area contributed by atoms with Crippen molar-refractivity contribution >= 4 is 34.5 Å². The lowest BCUT2D eigenvalue weighted by atomic mass is 9.83. The predicted octanol–water partition coefficient (Wildman–Crippen LogP) is 5.02. The minimum atomic E-state index is -2.60. The Kier molecular flexibility index (Phi) is 6.52. The lowest BCUT2D eigenvalue weighted by molar-refractivity contribution is 0.0804. The monoisotopic (exact) mass is 468 g/mol. The molecule has 6 nitrogen and oxygen atoms in total. The molecule has 3 aromatic rings. The molecule has 0 aliphatic carbocycles. The molecule has 0 saturated carbocycles. The fourth-order valence-corrected chi connectivity index (χ4v) is 5.23. The maximum atomic E-state index is 12.5. The highest BCUT2D eigenvalue weighted by Gasteiger charge is 2.33. The van der Waals surface area contributed by atoms with Gasteiger partial charge in [-0.15, -0.1) is 0 Å². The van der Waals surface area contributed by atoms with Crippen LogP contribution in [0.25, 0.3) is 11.2 Å². The van der Waals surface area contributed by atoms with Crippen molar-refractivity contribution in [1.82, 2.24) is 19.5 Å². The summed E-state index contributed by atoms with van der Waals surface area (Å²) in [6.45, 7) is 1.53. The van der Waals surface area contributed by atoms with Gasteiger partial charge < -0.3 is 14.0 Å². The van der Waals surface area contributed by atoms with Crippen LogP contribution in [-0.4, -0.2) is 44.1 Å². The Morgan fingerprint density at radius 1 is 1.23 bits per heavy atom. The molecule has 31 heavy (non-hydrogen) atoms. The van der Waals surface area contributed by atoms with Crippen LogP contribution in [-0.2, 0) is 19.1 Å². The van der Waals surface area contributed by atoms with Crippen LogP contribution in [0.5, 0.6) is 11.6 Å². The van der Waals surface area contributed by atoms with Crippen molar-refractivity contribution in [3.63, 3.8) is 0 Å². The van der Waals surface area contributed by atoms with Gasteiger partial charge in [-0.05, 0) is 30.4 Å². The van der Waals surface area contributed by atoms with Crippen molar-refractivity contribution < 1.29 is 18.3 Å². The quantitative estimate of drug-likeness (QED) is 0.485. The molecule has 1 fully saturated rings. The lowest BCUT2D eigenvalue weighted by Crippen LogP contribution is -2.30. The summed E-state index contributed by atoms with van der Waals surface area (Å²) >= 11 is 7.90. The predicted molar refractivity (Wildman–Crippen MR) is 117 cm³/mol. The van der Waals surface area contributed by atoms with Gasteiger partial charge in [0.05, 0.1) is 5.02 Å². The number of thioether (sulfide) groups is 1. The smallest absolute Gasteiger partial charge is 0.272 e. The van der Waals surface area contributed by atoms with E-state index in [2.05, 4.69) is 16.9 Å². The van der Waals surface area contributed by atoms with E-state index in [-0.39, 0.29) is 17.8 Å². The fourth-order valence-electron chi connectivity index (χ4n) is 3.69. The van der Waals surface area contributed by atoms with E-state index in [9.17, 15) is 8.78 Å². The zero-order valence-corrected chi connectivity index (χ0v) is 18.8. The molecule has 4 rings (SSSR count). The van der Waals surface area contributed by atoms with Gasteiger partial charge in [0.1, 0.15) is 36.0 Å². The zero-order chi connectivity index (χ0) is 22.0. The summed E-state index contributed by atoms with van der Waals surface area (Å²) in [5.74, 6) is 3.86. The Morgan fingerprint density at radius 2 is 2.00 bits per heavy atom. The average Bonchev–Trinajstić information content (AvgIpc) is 3.09. The van der Waals surface area contributed by atoms with Gasteiger partial charge in [-0.25, -0.2) is 13.8 Å². The van der Waals surface area contributed by atoms with E-state index >= 15 is 0 Å². The third-order valence-electron chi connectivity index (χ3n) is 5.45. The van der Waals surface area contributed by atoms with Crippen LogP contribution in [0.1, 0.15) is 31.3 Å². The van der Waals surface area contributed by atoms with E-state index in [0.29, 0.717) is 16.6 Å². The zero-order valence-electron chi connectivity index (χ0n) is 17.3. The summed E-state index contributed by atoms with van der Waals surface area (Å²) in [6, 6.07) is 5.07. The van der Waals surface area contributed by atoms with Gasteiger partial charge in [0.15, 0.2) is 5.65 Å². The molecule has 1 aliphatic heterocycles. The van der Waals surface area contributed by atoms with Gasteiger partial charge in [-0.3, -0.25) is 4.98 Å². The van der Waals surface area contributed by atoms with Gasteiger partial charge in [0.25, 0.3) is 6.43 Å². The first-order valence-electron chi connectivity index (χ1n) is 9.95. The Morgan fingerprint density at radius 3 is 2.74 bits per heavy atom. The van der Waals surface area contributed by atoms with E-state index in [1.54, 1.807) is 6.07 Å². The van der Waals surface area contributed by atoms with Crippen LogP contribution in [0.15, 0.2) is 24.4 Å². The molecule has 0 unspecified atom stereocenters. The molecule has 0 aromatic carbocycles. The van der Waals surface area contributed by atoms with Crippen LogP contribution >= 0.6 is 23.4 Å². The molecular weight excluding hydrogens is 446 g/mol. The number of fused-ring (bicyclic) bond motifs is 1. The highest BCUT2D eigenvalue weighted by Crippen LogP contribution is 2.38. The molecule has 1 saturated heterocycles. The molecule has 1 aliphatic rings. The molecule has 0 spiro atoms. The van der Waals surface area contributed by atoms with Crippen LogP contribution in [0.3, 0.4) is 0 Å². The van der Waals surface area contributed by atoms with Gasteiger partial charge in [-0.1, -0.05) is 18.5 Å². The topological polar surface area (TPSA) is 62.1 Å². The second-order valence-corrected chi connectivity index (χ2v) is 9.41. The number of alkyl halides is 2. The first-order chi connectivity index (χ1) is 14.9. The first kappa shape index (κ1) is 22.1. The van der Waals surface area contributed by atoms with Gasteiger partial charge in [-0.2, -0.15) is 16.7 Å². The van der Waals surface area contributed by atoms with Crippen molar-refractivity contribution in [3.8, 4) is 11.6 Å². The molecule has 10 heteroatoms. The third kappa shape index (κ3) is 4.87. The summed E-state index contributed by atoms with van der Waals surface area (Å²) in [7, 11) is 1.98. The number of nitrogens with zero attached hydrogens (tertiary/aromatic N) is 4. The number of hydrogen-bond donors (Lipinski definition) is 0. The van der Waals surface area contributed by atoms with Crippen molar-refractivity contribution in [2.75, 3.05) is 18.1 Å². The molecule has 0 bridgehead atoms. The van der Waals surface area contributed by atoms with Gasteiger partial charge in [0.2, 0.25) is 5.88 Å². The Bertz CT molecular complexity index is 1070. The largest absolute Gasteiger partial charge is 0.486 e. The highest BCUT2D eigenvalue weighted by atomic mass is 35.5. The molecule has 3 aromatic heterocycles. The maximum absolute atomic E-state index is 12.5. The van der Waals surface area contributed by atoms with Gasteiger partial charge in [0, 0.05) is 30.8 Å².